The Morgan fingerprint density at radius 2 is 2.13 bits per heavy atom. The fraction of sp³-hybridized carbons (Fsp3) is 0.538. The van der Waals surface area contributed by atoms with E-state index < -0.39 is 0 Å². The summed E-state index contributed by atoms with van der Waals surface area (Å²) in [6.07, 6.45) is 2.66. The van der Waals surface area contributed by atoms with E-state index in [1.165, 1.54) is 36.0 Å². The highest BCUT2D eigenvalue weighted by Crippen LogP contribution is 2.27. The SMILES string of the molecule is CC(CC1CCNC1)c1ccc(Br)cc1. The van der Waals surface area contributed by atoms with Gasteiger partial charge < -0.3 is 5.32 Å². The van der Waals surface area contributed by atoms with Crippen LogP contribution in [0.4, 0.5) is 0 Å². The first-order chi connectivity index (χ1) is 7.25. The molecule has 1 N–H and O–H groups in total. The summed E-state index contributed by atoms with van der Waals surface area (Å²) in [5.74, 6) is 1.56. The molecule has 2 rings (SSSR count). The lowest BCUT2D eigenvalue weighted by molar-refractivity contribution is 0.484. The van der Waals surface area contributed by atoms with Crippen molar-refractivity contribution in [3.8, 4) is 0 Å². The molecule has 0 saturated carbocycles. The van der Waals surface area contributed by atoms with Crippen LogP contribution in [0.25, 0.3) is 0 Å². The molecule has 0 spiro atoms. The first kappa shape index (κ1) is 11.2. The van der Waals surface area contributed by atoms with Gasteiger partial charge in [-0.25, -0.2) is 0 Å². The van der Waals surface area contributed by atoms with Crippen LogP contribution in [-0.2, 0) is 0 Å². The summed E-state index contributed by atoms with van der Waals surface area (Å²) in [5.41, 5.74) is 1.46. The Kier molecular flexibility index (Phi) is 3.81. The second-order valence-corrected chi connectivity index (χ2v) is 5.46. The zero-order valence-corrected chi connectivity index (χ0v) is 10.8. The Morgan fingerprint density at radius 1 is 1.40 bits per heavy atom. The molecule has 2 unspecified atom stereocenters. The van der Waals surface area contributed by atoms with E-state index >= 15 is 0 Å². The van der Waals surface area contributed by atoms with E-state index in [4.69, 9.17) is 0 Å². The summed E-state index contributed by atoms with van der Waals surface area (Å²) in [5, 5.41) is 3.43. The van der Waals surface area contributed by atoms with Crippen molar-refractivity contribution in [2.45, 2.75) is 25.7 Å². The molecule has 1 aromatic rings. The summed E-state index contributed by atoms with van der Waals surface area (Å²) in [4.78, 5) is 0. The molecule has 1 nitrogen and oxygen atoms in total. The van der Waals surface area contributed by atoms with E-state index in [0.29, 0.717) is 5.92 Å². The fourth-order valence-corrected chi connectivity index (χ4v) is 2.61. The van der Waals surface area contributed by atoms with Gasteiger partial charge in [-0.15, -0.1) is 0 Å². The third-order valence-electron chi connectivity index (χ3n) is 3.29. The van der Waals surface area contributed by atoms with Crippen LogP contribution >= 0.6 is 15.9 Å². The molecule has 0 amide bonds. The van der Waals surface area contributed by atoms with E-state index in [9.17, 15) is 0 Å². The molecular formula is C13H18BrN. The standard InChI is InChI=1S/C13H18BrN/c1-10(8-11-6-7-15-9-11)12-2-4-13(14)5-3-12/h2-5,10-11,15H,6-9H2,1H3. The van der Waals surface area contributed by atoms with E-state index in [0.717, 1.165) is 5.92 Å². The van der Waals surface area contributed by atoms with Crippen molar-refractivity contribution in [2.75, 3.05) is 13.1 Å². The van der Waals surface area contributed by atoms with E-state index in [1.807, 2.05) is 0 Å². The van der Waals surface area contributed by atoms with Gasteiger partial charge in [0.1, 0.15) is 0 Å². The van der Waals surface area contributed by atoms with Crippen LogP contribution in [0.5, 0.6) is 0 Å². The zero-order chi connectivity index (χ0) is 10.7. The Balaban J connectivity index is 1.94. The third-order valence-corrected chi connectivity index (χ3v) is 3.82. The smallest absolute Gasteiger partial charge is 0.0175 e. The number of nitrogens with one attached hydrogen (secondary N) is 1. The quantitative estimate of drug-likeness (QED) is 0.884. The maximum absolute atomic E-state index is 3.47. The van der Waals surface area contributed by atoms with Gasteiger partial charge >= 0.3 is 0 Å². The Labute approximate surface area is 100 Å². The minimum atomic E-state index is 0.683. The van der Waals surface area contributed by atoms with Gasteiger partial charge in [0, 0.05) is 4.47 Å². The second kappa shape index (κ2) is 5.13. The Hall–Kier alpha value is -0.340. The van der Waals surface area contributed by atoms with Crippen LogP contribution in [0.2, 0.25) is 0 Å². The van der Waals surface area contributed by atoms with Gasteiger partial charge in [-0.3, -0.25) is 0 Å². The summed E-state index contributed by atoms with van der Waals surface area (Å²) in [6, 6.07) is 8.74. The molecule has 0 bridgehead atoms. The van der Waals surface area contributed by atoms with Gasteiger partial charge in [-0.05, 0) is 55.5 Å². The van der Waals surface area contributed by atoms with Crippen molar-refractivity contribution in [3.05, 3.63) is 34.3 Å². The average molecular weight is 268 g/mol. The minimum Gasteiger partial charge on any atom is -0.316 e. The number of rotatable bonds is 3. The lowest BCUT2D eigenvalue weighted by Gasteiger charge is -2.16. The van der Waals surface area contributed by atoms with Crippen LogP contribution in [0, 0.1) is 5.92 Å². The van der Waals surface area contributed by atoms with Gasteiger partial charge in [-0.1, -0.05) is 35.0 Å². The highest BCUT2D eigenvalue weighted by Gasteiger charge is 2.18. The fourth-order valence-electron chi connectivity index (χ4n) is 2.34. The number of hydrogen-bond donors (Lipinski definition) is 1. The van der Waals surface area contributed by atoms with Gasteiger partial charge in [0.25, 0.3) is 0 Å². The molecule has 15 heavy (non-hydrogen) atoms. The van der Waals surface area contributed by atoms with Gasteiger partial charge in [0.05, 0.1) is 0 Å². The normalized spacial score (nSPS) is 22.9. The van der Waals surface area contributed by atoms with Crippen LogP contribution < -0.4 is 5.32 Å². The van der Waals surface area contributed by atoms with E-state index in [2.05, 4.69) is 52.4 Å². The molecule has 82 valence electrons. The number of hydrogen-bond acceptors (Lipinski definition) is 1. The van der Waals surface area contributed by atoms with Crippen LogP contribution in [-0.4, -0.2) is 13.1 Å². The second-order valence-electron chi connectivity index (χ2n) is 4.55. The highest BCUT2D eigenvalue weighted by molar-refractivity contribution is 9.10. The molecule has 2 heteroatoms. The van der Waals surface area contributed by atoms with Crippen molar-refractivity contribution in [1.82, 2.24) is 5.32 Å². The van der Waals surface area contributed by atoms with Crippen molar-refractivity contribution in [1.29, 1.82) is 0 Å². The van der Waals surface area contributed by atoms with Crippen molar-refractivity contribution >= 4 is 15.9 Å². The monoisotopic (exact) mass is 267 g/mol. The summed E-state index contributed by atoms with van der Waals surface area (Å²) >= 11 is 3.47. The lowest BCUT2D eigenvalue weighted by Crippen LogP contribution is -2.10. The van der Waals surface area contributed by atoms with Crippen LogP contribution in [0.3, 0.4) is 0 Å². The number of benzene rings is 1. The topological polar surface area (TPSA) is 12.0 Å². The van der Waals surface area contributed by atoms with E-state index in [-0.39, 0.29) is 0 Å². The Morgan fingerprint density at radius 3 is 2.73 bits per heavy atom. The predicted octanol–water partition coefficient (Wildman–Crippen LogP) is 3.55. The first-order valence-corrected chi connectivity index (χ1v) is 6.51. The molecule has 2 atom stereocenters. The van der Waals surface area contributed by atoms with E-state index in [1.54, 1.807) is 0 Å². The minimum absolute atomic E-state index is 0.683. The van der Waals surface area contributed by atoms with Crippen molar-refractivity contribution in [3.63, 3.8) is 0 Å². The molecule has 0 aliphatic carbocycles. The van der Waals surface area contributed by atoms with Gasteiger partial charge in [0.15, 0.2) is 0 Å². The maximum atomic E-state index is 3.47. The molecule has 1 aliphatic rings. The molecule has 1 fully saturated rings. The van der Waals surface area contributed by atoms with Crippen LogP contribution in [0.15, 0.2) is 28.7 Å². The largest absolute Gasteiger partial charge is 0.316 e. The zero-order valence-electron chi connectivity index (χ0n) is 9.17. The molecule has 0 radical (unpaired) electrons. The maximum Gasteiger partial charge on any atom is 0.0175 e. The summed E-state index contributed by atoms with van der Waals surface area (Å²) in [7, 11) is 0. The highest BCUT2D eigenvalue weighted by atomic mass is 79.9. The molecular weight excluding hydrogens is 250 g/mol. The molecule has 1 saturated heterocycles. The summed E-state index contributed by atoms with van der Waals surface area (Å²) in [6.45, 7) is 4.75. The van der Waals surface area contributed by atoms with Crippen molar-refractivity contribution < 1.29 is 0 Å². The molecule has 0 aromatic heterocycles. The molecule has 1 aliphatic heterocycles. The molecule has 1 heterocycles. The lowest BCUT2D eigenvalue weighted by atomic mass is 9.90. The molecule has 1 aromatic carbocycles. The Bertz CT molecular complexity index is 301. The van der Waals surface area contributed by atoms with Crippen LogP contribution in [0.1, 0.15) is 31.2 Å². The van der Waals surface area contributed by atoms with Crippen molar-refractivity contribution in [2.24, 2.45) is 5.92 Å². The van der Waals surface area contributed by atoms with Gasteiger partial charge in [-0.2, -0.15) is 0 Å². The summed E-state index contributed by atoms with van der Waals surface area (Å²) < 4.78 is 1.17. The predicted molar refractivity (Wildman–Crippen MR) is 68.2 cm³/mol. The first-order valence-electron chi connectivity index (χ1n) is 5.72. The average Bonchev–Trinajstić information content (AvgIpc) is 2.71. The number of halogens is 1. The third kappa shape index (κ3) is 3.05. The van der Waals surface area contributed by atoms with Gasteiger partial charge in [0.2, 0.25) is 0 Å².